The van der Waals surface area contributed by atoms with Crippen LogP contribution in [0, 0.1) is 19.7 Å². The summed E-state index contributed by atoms with van der Waals surface area (Å²) in [4.78, 5) is 0. The van der Waals surface area contributed by atoms with Gasteiger partial charge in [0.25, 0.3) is 0 Å². The van der Waals surface area contributed by atoms with E-state index < -0.39 is 0 Å². The van der Waals surface area contributed by atoms with E-state index in [1.807, 2.05) is 0 Å². The molecule has 0 aromatic heterocycles. The summed E-state index contributed by atoms with van der Waals surface area (Å²) in [6.07, 6.45) is 0. The van der Waals surface area contributed by atoms with Crippen molar-refractivity contribution >= 4 is 0 Å². The Morgan fingerprint density at radius 3 is 2.57 bits per heavy atom. The SMILES string of the molecule is CCNC(COc1cccc(F)c1)c1ccc(C)c(C)c1. The lowest BCUT2D eigenvalue weighted by atomic mass is 10.0. The predicted molar refractivity (Wildman–Crippen MR) is 84.2 cm³/mol. The van der Waals surface area contributed by atoms with Crippen LogP contribution in [-0.2, 0) is 0 Å². The monoisotopic (exact) mass is 287 g/mol. The molecule has 1 N–H and O–H groups in total. The van der Waals surface area contributed by atoms with Crippen molar-refractivity contribution in [3.8, 4) is 5.75 Å². The fourth-order valence-electron chi connectivity index (χ4n) is 2.24. The van der Waals surface area contributed by atoms with Gasteiger partial charge in [0.1, 0.15) is 18.2 Å². The molecule has 3 heteroatoms. The molecule has 0 aliphatic carbocycles. The van der Waals surface area contributed by atoms with Crippen molar-refractivity contribution in [2.75, 3.05) is 13.2 Å². The van der Waals surface area contributed by atoms with Crippen LogP contribution in [0.4, 0.5) is 4.39 Å². The summed E-state index contributed by atoms with van der Waals surface area (Å²) in [5.41, 5.74) is 3.73. The standard InChI is InChI=1S/C18H22FNO/c1-4-20-18(15-9-8-13(2)14(3)10-15)12-21-17-7-5-6-16(19)11-17/h5-11,18,20H,4,12H2,1-3H3. The molecule has 0 bridgehead atoms. The molecule has 1 unspecified atom stereocenters. The quantitative estimate of drug-likeness (QED) is 0.861. The number of hydrogen-bond donors (Lipinski definition) is 1. The summed E-state index contributed by atoms with van der Waals surface area (Å²) in [5.74, 6) is 0.278. The molecule has 0 saturated heterocycles. The van der Waals surface area contributed by atoms with E-state index in [-0.39, 0.29) is 11.9 Å². The van der Waals surface area contributed by atoms with Crippen LogP contribution in [-0.4, -0.2) is 13.2 Å². The topological polar surface area (TPSA) is 21.3 Å². The Bertz CT molecular complexity index is 598. The number of halogens is 1. The first-order chi connectivity index (χ1) is 10.1. The van der Waals surface area contributed by atoms with Gasteiger partial charge >= 0.3 is 0 Å². The number of aryl methyl sites for hydroxylation is 2. The van der Waals surface area contributed by atoms with Crippen LogP contribution < -0.4 is 10.1 Å². The van der Waals surface area contributed by atoms with Gasteiger partial charge in [0, 0.05) is 6.07 Å². The summed E-state index contributed by atoms with van der Waals surface area (Å²) in [6.45, 7) is 7.60. The van der Waals surface area contributed by atoms with E-state index in [9.17, 15) is 4.39 Å². The lowest BCUT2D eigenvalue weighted by Gasteiger charge is -2.20. The molecule has 2 aromatic carbocycles. The van der Waals surface area contributed by atoms with Gasteiger partial charge in [-0.2, -0.15) is 0 Å². The van der Waals surface area contributed by atoms with E-state index in [0.717, 1.165) is 6.54 Å². The highest BCUT2D eigenvalue weighted by molar-refractivity contribution is 5.32. The highest BCUT2D eigenvalue weighted by atomic mass is 19.1. The minimum atomic E-state index is -0.279. The van der Waals surface area contributed by atoms with E-state index in [1.54, 1.807) is 12.1 Å². The second-order valence-electron chi connectivity index (χ2n) is 5.22. The predicted octanol–water partition coefficient (Wildman–Crippen LogP) is 4.17. The molecular formula is C18H22FNO. The molecule has 0 heterocycles. The minimum absolute atomic E-state index is 0.0950. The average molecular weight is 287 g/mol. The van der Waals surface area contributed by atoms with Crippen LogP contribution in [0.25, 0.3) is 0 Å². The summed E-state index contributed by atoms with van der Waals surface area (Å²) in [7, 11) is 0. The third kappa shape index (κ3) is 4.30. The number of likely N-dealkylation sites (N-methyl/N-ethyl adjacent to an activating group) is 1. The minimum Gasteiger partial charge on any atom is -0.492 e. The maximum Gasteiger partial charge on any atom is 0.126 e. The van der Waals surface area contributed by atoms with Gasteiger partial charge in [-0.15, -0.1) is 0 Å². The largest absolute Gasteiger partial charge is 0.492 e. The lowest BCUT2D eigenvalue weighted by Crippen LogP contribution is -2.26. The Balaban J connectivity index is 2.09. The number of benzene rings is 2. The summed E-state index contributed by atoms with van der Waals surface area (Å²) < 4.78 is 18.9. The lowest BCUT2D eigenvalue weighted by molar-refractivity contribution is 0.267. The Morgan fingerprint density at radius 2 is 1.90 bits per heavy atom. The molecule has 21 heavy (non-hydrogen) atoms. The van der Waals surface area contributed by atoms with Gasteiger partial charge in [-0.1, -0.05) is 31.2 Å². The molecule has 0 saturated carbocycles. The molecule has 2 aromatic rings. The summed E-state index contributed by atoms with van der Waals surface area (Å²) >= 11 is 0. The van der Waals surface area contributed by atoms with Crippen LogP contribution in [0.5, 0.6) is 5.75 Å². The molecule has 0 radical (unpaired) electrons. The van der Waals surface area contributed by atoms with Crippen molar-refractivity contribution in [2.45, 2.75) is 26.8 Å². The van der Waals surface area contributed by atoms with Crippen LogP contribution in [0.3, 0.4) is 0 Å². The molecule has 0 aliphatic heterocycles. The second-order valence-corrected chi connectivity index (χ2v) is 5.22. The molecule has 0 fully saturated rings. The van der Waals surface area contributed by atoms with Gasteiger partial charge in [0.2, 0.25) is 0 Å². The molecule has 0 amide bonds. The molecule has 112 valence electrons. The van der Waals surface area contributed by atoms with E-state index in [2.05, 4.69) is 44.3 Å². The summed E-state index contributed by atoms with van der Waals surface area (Å²) in [6, 6.07) is 12.8. The Morgan fingerprint density at radius 1 is 1.10 bits per heavy atom. The van der Waals surface area contributed by atoms with Crippen molar-refractivity contribution in [1.29, 1.82) is 0 Å². The molecule has 2 nitrogen and oxygen atoms in total. The normalized spacial score (nSPS) is 12.2. The average Bonchev–Trinajstić information content (AvgIpc) is 2.46. The van der Waals surface area contributed by atoms with E-state index in [1.165, 1.54) is 28.8 Å². The smallest absolute Gasteiger partial charge is 0.126 e. The van der Waals surface area contributed by atoms with Gasteiger partial charge in [-0.3, -0.25) is 0 Å². The molecule has 2 rings (SSSR count). The molecule has 0 aliphatic rings. The fourth-order valence-corrected chi connectivity index (χ4v) is 2.24. The first-order valence-electron chi connectivity index (χ1n) is 7.29. The van der Waals surface area contributed by atoms with Crippen molar-refractivity contribution in [3.63, 3.8) is 0 Å². The van der Waals surface area contributed by atoms with Crippen LogP contribution in [0.15, 0.2) is 42.5 Å². The first-order valence-corrected chi connectivity index (χ1v) is 7.29. The van der Waals surface area contributed by atoms with Crippen LogP contribution in [0.1, 0.15) is 29.7 Å². The van der Waals surface area contributed by atoms with Crippen molar-refractivity contribution in [2.24, 2.45) is 0 Å². The third-order valence-corrected chi connectivity index (χ3v) is 3.60. The zero-order valence-corrected chi connectivity index (χ0v) is 12.8. The summed E-state index contributed by atoms with van der Waals surface area (Å²) in [5, 5.41) is 3.41. The Hall–Kier alpha value is -1.87. The van der Waals surface area contributed by atoms with E-state index in [4.69, 9.17) is 4.74 Å². The van der Waals surface area contributed by atoms with Gasteiger partial charge in [-0.05, 0) is 49.2 Å². The highest BCUT2D eigenvalue weighted by Gasteiger charge is 2.12. The van der Waals surface area contributed by atoms with Crippen molar-refractivity contribution < 1.29 is 9.13 Å². The number of hydrogen-bond acceptors (Lipinski definition) is 2. The number of rotatable bonds is 6. The van der Waals surface area contributed by atoms with Gasteiger partial charge < -0.3 is 10.1 Å². The maximum atomic E-state index is 13.2. The fraction of sp³-hybridized carbons (Fsp3) is 0.333. The van der Waals surface area contributed by atoms with Crippen LogP contribution in [0.2, 0.25) is 0 Å². The van der Waals surface area contributed by atoms with Crippen molar-refractivity contribution in [3.05, 3.63) is 65.0 Å². The number of ether oxygens (including phenoxy) is 1. The van der Waals surface area contributed by atoms with E-state index >= 15 is 0 Å². The highest BCUT2D eigenvalue weighted by Crippen LogP contribution is 2.19. The van der Waals surface area contributed by atoms with Gasteiger partial charge in [0.05, 0.1) is 6.04 Å². The third-order valence-electron chi connectivity index (χ3n) is 3.60. The van der Waals surface area contributed by atoms with Gasteiger partial charge in [-0.25, -0.2) is 4.39 Å². The van der Waals surface area contributed by atoms with E-state index in [0.29, 0.717) is 12.4 Å². The Labute approximate surface area is 126 Å². The molecule has 1 atom stereocenters. The number of nitrogens with one attached hydrogen (secondary N) is 1. The first kappa shape index (κ1) is 15.5. The molecule has 0 spiro atoms. The maximum absolute atomic E-state index is 13.2. The zero-order valence-electron chi connectivity index (χ0n) is 12.8. The second kappa shape index (κ2) is 7.23. The van der Waals surface area contributed by atoms with Crippen molar-refractivity contribution in [1.82, 2.24) is 5.32 Å². The molecular weight excluding hydrogens is 265 g/mol. The Kier molecular flexibility index (Phi) is 5.34. The zero-order chi connectivity index (χ0) is 15.2. The van der Waals surface area contributed by atoms with Crippen LogP contribution >= 0.6 is 0 Å². The van der Waals surface area contributed by atoms with Gasteiger partial charge in [0.15, 0.2) is 0 Å².